The van der Waals surface area contributed by atoms with E-state index in [1.54, 1.807) is 27.8 Å². The van der Waals surface area contributed by atoms with Gasteiger partial charge >= 0.3 is 0 Å². The molecule has 0 radical (unpaired) electrons. The maximum atomic E-state index is 13.2. The van der Waals surface area contributed by atoms with Crippen LogP contribution in [0.25, 0.3) is 16.7 Å². The van der Waals surface area contributed by atoms with Crippen LogP contribution in [0.15, 0.2) is 64.9 Å². The minimum Gasteiger partial charge on any atom is -0.352 e. The van der Waals surface area contributed by atoms with Crippen LogP contribution >= 0.6 is 11.8 Å². The number of aromatic nitrogens is 5. The lowest BCUT2D eigenvalue weighted by Crippen LogP contribution is -2.30. The zero-order valence-corrected chi connectivity index (χ0v) is 17.7. The Labute approximate surface area is 182 Å². The number of hydrogen-bond acceptors (Lipinski definition) is 6. The highest BCUT2D eigenvalue weighted by Crippen LogP contribution is 2.33. The third-order valence-electron chi connectivity index (χ3n) is 5.25. The van der Waals surface area contributed by atoms with Crippen LogP contribution in [0.4, 0.5) is 0 Å². The largest absolute Gasteiger partial charge is 0.352 e. The fourth-order valence-corrected chi connectivity index (χ4v) is 4.85. The van der Waals surface area contributed by atoms with Gasteiger partial charge in [-0.25, -0.2) is 9.67 Å². The summed E-state index contributed by atoms with van der Waals surface area (Å²) in [5, 5.41) is 8.38. The molecule has 0 spiro atoms. The number of nitrogens with zero attached hydrogens (tertiary/aromatic N) is 5. The minimum atomic E-state index is -0.236. The van der Waals surface area contributed by atoms with Gasteiger partial charge in [-0.15, -0.1) is 0 Å². The zero-order chi connectivity index (χ0) is 21.4. The Morgan fingerprint density at radius 2 is 2.16 bits per heavy atom. The van der Waals surface area contributed by atoms with Crippen LogP contribution in [-0.4, -0.2) is 36.0 Å². The number of aryl methyl sites for hydroxylation is 1. The molecule has 4 heterocycles. The summed E-state index contributed by atoms with van der Waals surface area (Å²) < 4.78 is 3.33. The van der Waals surface area contributed by atoms with Crippen LogP contribution < -0.4 is 10.9 Å². The Morgan fingerprint density at radius 1 is 1.26 bits per heavy atom. The Hall–Kier alpha value is -3.46. The Balaban J connectivity index is 1.40. The van der Waals surface area contributed by atoms with Gasteiger partial charge < -0.3 is 5.32 Å². The predicted molar refractivity (Wildman–Crippen MR) is 118 cm³/mol. The summed E-state index contributed by atoms with van der Waals surface area (Å²) in [5.74, 6) is 0.525. The van der Waals surface area contributed by atoms with Gasteiger partial charge in [0.05, 0.1) is 17.9 Å². The Bertz CT molecular complexity index is 1330. The van der Waals surface area contributed by atoms with E-state index < -0.39 is 0 Å². The van der Waals surface area contributed by atoms with E-state index in [4.69, 9.17) is 4.98 Å². The monoisotopic (exact) mass is 432 g/mol. The highest BCUT2D eigenvalue weighted by atomic mass is 32.2. The Morgan fingerprint density at radius 3 is 2.97 bits per heavy atom. The van der Waals surface area contributed by atoms with Crippen molar-refractivity contribution in [3.8, 4) is 5.69 Å². The molecule has 1 aromatic carbocycles. The number of hydrogen-bond donors (Lipinski definition) is 1. The van der Waals surface area contributed by atoms with Gasteiger partial charge in [-0.05, 0) is 36.2 Å². The van der Waals surface area contributed by atoms with Crippen LogP contribution in [0, 0.1) is 6.92 Å². The molecule has 0 saturated heterocycles. The van der Waals surface area contributed by atoms with Gasteiger partial charge in [0.25, 0.3) is 5.56 Å². The molecule has 31 heavy (non-hydrogen) atoms. The highest BCUT2D eigenvalue weighted by molar-refractivity contribution is 7.99. The van der Waals surface area contributed by atoms with Crippen LogP contribution in [0.2, 0.25) is 0 Å². The number of carbonyl (C=O) groups is 1. The van der Waals surface area contributed by atoms with Crippen LogP contribution in [-0.2, 0) is 11.3 Å². The summed E-state index contributed by atoms with van der Waals surface area (Å²) in [4.78, 5) is 34.5. The topological polar surface area (TPSA) is 94.7 Å². The first-order chi connectivity index (χ1) is 15.1. The first-order valence-electron chi connectivity index (χ1n) is 9.96. The quantitative estimate of drug-likeness (QED) is 0.487. The molecular formula is C22H20N6O2S. The molecule has 0 aliphatic carbocycles. The molecule has 4 aromatic rings. The van der Waals surface area contributed by atoms with E-state index in [1.165, 1.54) is 11.8 Å². The molecule has 1 N–H and O–H groups in total. The summed E-state index contributed by atoms with van der Waals surface area (Å²) in [7, 11) is 0. The molecule has 8 nitrogen and oxygen atoms in total. The van der Waals surface area contributed by atoms with Gasteiger partial charge in [0.1, 0.15) is 5.39 Å². The number of thioether (sulfide) groups is 1. The average molecular weight is 433 g/mol. The number of benzene rings is 1. The fraction of sp³-hybridized carbons (Fsp3) is 0.227. The molecule has 9 heteroatoms. The summed E-state index contributed by atoms with van der Waals surface area (Å²) >= 11 is 1.49. The van der Waals surface area contributed by atoms with Gasteiger partial charge in [-0.2, -0.15) is 5.10 Å². The summed E-state index contributed by atoms with van der Waals surface area (Å²) in [6.45, 7) is 2.42. The maximum Gasteiger partial charge on any atom is 0.265 e. The van der Waals surface area contributed by atoms with E-state index in [0.29, 0.717) is 28.5 Å². The SMILES string of the molecule is Cc1cccc(-n2ncc3c(=O)n4c(nc32)SC[C@H]4CC(=O)NCc2cccnc2)c1. The number of rotatable bonds is 5. The van der Waals surface area contributed by atoms with Gasteiger partial charge in [0, 0.05) is 31.1 Å². The van der Waals surface area contributed by atoms with Crippen LogP contribution in [0.5, 0.6) is 0 Å². The third-order valence-corrected chi connectivity index (χ3v) is 6.35. The van der Waals surface area contributed by atoms with Crippen molar-refractivity contribution >= 4 is 28.7 Å². The van der Waals surface area contributed by atoms with Gasteiger partial charge in [0.15, 0.2) is 10.8 Å². The van der Waals surface area contributed by atoms with E-state index in [-0.39, 0.29) is 23.9 Å². The zero-order valence-electron chi connectivity index (χ0n) is 16.9. The van der Waals surface area contributed by atoms with Crippen LogP contribution in [0.1, 0.15) is 23.6 Å². The molecule has 1 aliphatic heterocycles. The molecule has 0 bridgehead atoms. The molecule has 1 amide bonds. The minimum absolute atomic E-state index is 0.107. The fourth-order valence-electron chi connectivity index (χ4n) is 3.72. The number of pyridine rings is 1. The second-order valence-corrected chi connectivity index (χ2v) is 8.50. The average Bonchev–Trinajstić information content (AvgIpc) is 3.38. The number of nitrogens with one attached hydrogen (secondary N) is 1. The van der Waals surface area contributed by atoms with E-state index in [1.807, 2.05) is 43.3 Å². The lowest BCUT2D eigenvalue weighted by atomic mass is 10.2. The smallest absolute Gasteiger partial charge is 0.265 e. The lowest BCUT2D eigenvalue weighted by molar-refractivity contribution is -0.121. The lowest BCUT2D eigenvalue weighted by Gasteiger charge is -2.13. The van der Waals surface area contributed by atoms with Crippen molar-refractivity contribution in [1.29, 1.82) is 0 Å². The molecule has 0 fully saturated rings. The summed E-state index contributed by atoms with van der Waals surface area (Å²) in [6, 6.07) is 11.4. The molecule has 3 aromatic heterocycles. The normalized spacial score (nSPS) is 15.2. The molecule has 1 aliphatic rings. The molecule has 0 saturated carbocycles. The second-order valence-electron chi connectivity index (χ2n) is 7.51. The van der Waals surface area contributed by atoms with Crippen molar-refractivity contribution in [2.75, 3.05) is 5.75 Å². The maximum absolute atomic E-state index is 13.2. The number of carbonyl (C=O) groups excluding carboxylic acids is 1. The van der Waals surface area contributed by atoms with Crippen molar-refractivity contribution < 1.29 is 4.79 Å². The van der Waals surface area contributed by atoms with Crippen molar-refractivity contribution in [2.24, 2.45) is 0 Å². The van der Waals surface area contributed by atoms with Gasteiger partial charge in [0.2, 0.25) is 5.91 Å². The van der Waals surface area contributed by atoms with E-state index in [0.717, 1.165) is 16.8 Å². The number of amides is 1. The molecule has 1 atom stereocenters. The standard InChI is InChI=1S/C22H20N6O2S/c1-14-4-2-6-16(8-14)28-20-18(12-25-28)21(30)27-17(13-31-22(27)26-20)9-19(29)24-11-15-5-3-7-23-10-15/h2-8,10,12,17H,9,11,13H2,1H3,(H,24,29)/t17-/m1/s1. The Kier molecular flexibility index (Phi) is 5.03. The van der Waals surface area contributed by atoms with E-state index >= 15 is 0 Å². The molecule has 0 unspecified atom stereocenters. The molecule has 156 valence electrons. The predicted octanol–water partition coefficient (Wildman–Crippen LogP) is 2.64. The van der Waals surface area contributed by atoms with Crippen LogP contribution in [0.3, 0.4) is 0 Å². The number of fused-ring (bicyclic) bond motifs is 2. The second kappa shape index (κ2) is 7.99. The van der Waals surface area contributed by atoms with Crippen molar-refractivity contribution in [3.63, 3.8) is 0 Å². The van der Waals surface area contributed by atoms with Crippen molar-refractivity contribution in [1.82, 2.24) is 29.6 Å². The van der Waals surface area contributed by atoms with Crippen molar-refractivity contribution in [2.45, 2.75) is 31.1 Å². The summed E-state index contributed by atoms with van der Waals surface area (Å²) in [5.41, 5.74) is 3.28. The van der Waals surface area contributed by atoms with Crippen molar-refractivity contribution in [3.05, 3.63) is 76.5 Å². The third kappa shape index (κ3) is 3.72. The molecular weight excluding hydrogens is 412 g/mol. The molecule has 5 rings (SSSR count). The first-order valence-corrected chi connectivity index (χ1v) is 10.9. The highest BCUT2D eigenvalue weighted by Gasteiger charge is 2.29. The summed E-state index contributed by atoms with van der Waals surface area (Å²) in [6.07, 6.45) is 5.19. The van der Waals surface area contributed by atoms with E-state index in [9.17, 15) is 9.59 Å². The van der Waals surface area contributed by atoms with E-state index in [2.05, 4.69) is 15.4 Å². The van der Waals surface area contributed by atoms with Gasteiger partial charge in [-0.1, -0.05) is 30.0 Å². The van der Waals surface area contributed by atoms with Gasteiger partial charge in [-0.3, -0.25) is 19.1 Å². The first kappa shape index (κ1) is 19.5.